The molecule has 0 radical (unpaired) electrons. The van der Waals surface area contributed by atoms with Crippen LogP contribution in [0.4, 0.5) is 4.39 Å². The second-order valence-electron chi connectivity index (χ2n) is 4.58. The van der Waals surface area contributed by atoms with Crippen molar-refractivity contribution in [3.8, 4) is 0 Å². The molecule has 2 N–H and O–H groups in total. The number of nitrogens with one attached hydrogen (secondary N) is 1. The van der Waals surface area contributed by atoms with Crippen LogP contribution in [-0.4, -0.2) is 41.5 Å². The van der Waals surface area contributed by atoms with Crippen LogP contribution >= 0.6 is 0 Å². The summed E-state index contributed by atoms with van der Waals surface area (Å²) in [5.74, 6) is -1.54. The number of aliphatic carboxylic acids is 1. The minimum Gasteiger partial charge on any atom is -0.480 e. The van der Waals surface area contributed by atoms with Crippen LogP contribution in [0.3, 0.4) is 0 Å². The summed E-state index contributed by atoms with van der Waals surface area (Å²) in [4.78, 5) is 24.2. The van der Waals surface area contributed by atoms with E-state index >= 15 is 0 Å². The molecule has 110 valence electrons. The second-order valence-corrected chi connectivity index (χ2v) is 4.58. The zero-order valence-corrected chi connectivity index (χ0v) is 11.6. The third kappa shape index (κ3) is 4.97. The predicted molar refractivity (Wildman–Crippen MR) is 72.6 cm³/mol. The molecule has 0 heterocycles. The number of hydrogen-bond acceptors (Lipinski definition) is 3. The van der Waals surface area contributed by atoms with Gasteiger partial charge in [-0.2, -0.15) is 0 Å². The van der Waals surface area contributed by atoms with Crippen LogP contribution in [0.15, 0.2) is 24.3 Å². The Kier molecular flexibility index (Phi) is 6.11. The number of carbonyl (C=O) groups excluding carboxylic acids is 1. The first kappa shape index (κ1) is 16.1. The number of carboxylic acids is 1. The topological polar surface area (TPSA) is 69.6 Å². The molecule has 1 amide bonds. The normalized spacial score (nSPS) is 12.2. The van der Waals surface area contributed by atoms with Crippen molar-refractivity contribution >= 4 is 11.9 Å². The van der Waals surface area contributed by atoms with Gasteiger partial charge in [0, 0.05) is 6.54 Å². The van der Waals surface area contributed by atoms with Crippen molar-refractivity contribution in [3.63, 3.8) is 0 Å². The summed E-state index contributed by atoms with van der Waals surface area (Å²) in [6.45, 7) is 2.05. The van der Waals surface area contributed by atoms with Gasteiger partial charge >= 0.3 is 5.97 Å². The number of carboxylic acid groups (broad SMARTS) is 1. The zero-order chi connectivity index (χ0) is 15.1. The molecule has 0 aliphatic carbocycles. The van der Waals surface area contributed by atoms with Gasteiger partial charge in [0.1, 0.15) is 11.9 Å². The van der Waals surface area contributed by atoms with Crippen LogP contribution in [-0.2, 0) is 16.1 Å². The summed E-state index contributed by atoms with van der Waals surface area (Å²) in [6.07, 6.45) is 0.428. The Morgan fingerprint density at radius 1 is 1.35 bits per heavy atom. The smallest absolute Gasteiger partial charge is 0.320 e. The second kappa shape index (κ2) is 7.59. The molecule has 0 spiro atoms. The number of rotatable bonds is 7. The quantitative estimate of drug-likeness (QED) is 0.789. The fourth-order valence-electron chi connectivity index (χ4n) is 1.87. The third-order valence-electron chi connectivity index (χ3n) is 3.00. The van der Waals surface area contributed by atoms with E-state index in [2.05, 4.69) is 5.32 Å². The van der Waals surface area contributed by atoms with E-state index < -0.39 is 12.0 Å². The standard InChI is InChI=1S/C14H19FN2O3/c1-3-12(14(19)20)17(2)9-13(18)16-8-10-4-6-11(15)7-5-10/h4-7,12H,3,8-9H2,1-2H3,(H,16,18)(H,19,20). The van der Waals surface area contributed by atoms with Crippen LogP contribution in [0, 0.1) is 5.82 Å². The predicted octanol–water partition coefficient (Wildman–Crippen LogP) is 1.24. The molecule has 5 nitrogen and oxygen atoms in total. The number of carbonyl (C=O) groups is 2. The molecule has 6 heteroatoms. The van der Waals surface area contributed by atoms with E-state index in [0.717, 1.165) is 5.56 Å². The monoisotopic (exact) mass is 282 g/mol. The van der Waals surface area contributed by atoms with Gasteiger partial charge < -0.3 is 10.4 Å². The summed E-state index contributed by atoms with van der Waals surface area (Å²) >= 11 is 0. The number of hydrogen-bond donors (Lipinski definition) is 2. The van der Waals surface area contributed by atoms with Crippen molar-refractivity contribution in [1.29, 1.82) is 0 Å². The molecule has 1 aromatic rings. The van der Waals surface area contributed by atoms with Gasteiger partial charge in [-0.15, -0.1) is 0 Å². The van der Waals surface area contributed by atoms with E-state index in [1.807, 2.05) is 0 Å². The fraction of sp³-hybridized carbons (Fsp3) is 0.429. The Hall–Kier alpha value is -1.95. The van der Waals surface area contributed by atoms with Crippen molar-refractivity contribution in [2.24, 2.45) is 0 Å². The lowest BCUT2D eigenvalue weighted by Gasteiger charge is -2.22. The zero-order valence-electron chi connectivity index (χ0n) is 11.6. The highest BCUT2D eigenvalue weighted by Crippen LogP contribution is 2.03. The van der Waals surface area contributed by atoms with Crippen LogP contribution in [0.1, 0.15) is 18.9 Å². The number of benzene rings is 1. The Bertz CT molecular complexity index is 462. The fourth-order valence-corrected chi connectivity index (χ4v) is 1.87. The maximum absolute atomic E-state index is 12.7. The van der Waals surface area contributed by atoms with Gasteiger partial charge in [-0.1, -0.05) is 19.1 Å². The van der Waals surface area contributed by atoms with E-state index in [1.165, 1.54) is 17.0 Å². The number of amides is 1. The van der Waals surface area contributed by atoms with Crippen molar-refractivity contribution in [2.75, 3.05) is 13.6 Å². The highest BCUT2D eigenvalue weighted by atomic mass is 19.1. The molecule has 0 aromatic heterocycles. The molecular weight excluding hydrogens is 263 g/mol. The highest BCUT2D eigenvalue weighted by Gasteiger charge is 2.21. The van der Waals surface area contributed by atoms with E-state index in [0.29, 0.717) is 6.42 Å². The van der Waals surface area contributed by atoms with Gasteiger partial charge in [0.2, 0.25) is 5.91 Å². The molecule has 0 aliphatic heterocycles. The number of nitrogens with zero attached hydrogens (tertiary/aromatic N) is 1. The van der Waals surface area contributed by atoms with Crippen molar-refractivity contribution < 1.29 is 19.1 Å². The summed E-state index contributed by atoms with van der Waals surface area (Å²) in [7, 11) is 1.60. The first-order valence-electron chi connectivity index (χ1n) is 6.38. The SMILES string of the molecule is CCC(C(=O)O)N(C)CC(=O)NCc1ccc(F)cc1. The van der Waals surface area contributed by atoms with Gasteiger partial charge in [-0.25, -0.2) is 4.39 Å². The van der Waals surface area contributed by atoms with E-state index in [9.17, 15) is 14.0 Å². The third-order valence-corrected chi connectivity index (χ3v) is 3.00. The largest absolute Gasteiger partial charge is 0.480 e. The summed E-state index contributed by atoms with van der Waals surface area (Å²) in [5.41, 5.74) is 0.785. The molecule has 0 fully saturated rings. The maximum Gasteiger partial charge on any atom is 0.320 e. The molecule has 0 aliphatic rings. The lowest BCUT2D eigenvalue weighted by molar-refractivity contribution is -0.143. The first-order valence-corrected chi connectivity index (χ1v) is 6.38. The highest BCUT2D eigenvalue weighted by molar-refractivity contribution is 5.79. The molecule has 1 atom stereocenters. The van der Waals surface area contributed by atoms with Crippen molar-refractivity contribution in [3.05, 3.63) is 35.6 Å². The Labute approximate surface area is 117 Å². The maximum atomic E-state index is 12.7. The lowest BCUT2D eigenvalue weighted by atomic mass is 10.2. The lowest BCUT2D eigenvalue weighted by Crippen LogP contribution is -2.43. The molecule has 1 rings (SSSR count). The summed E-state index contributed by atoms with van der Waals surface area (Å²) < 4.78 is 12.7. The average molecular weight is 282 g/mol. The van der Waals surface area contributed by atoms with Crippen molar-refractivity contribution in [1.82, 2.24) is 10.2 Å². The van der Waals surface area contributed by atoms with Crippen molar-refractivity contribution in [2.45, 2.75) is 25.9 Å². The Morgan fingerprint density at radius 2 is 1.95 bits per heavy atom. The average Bonchev–Trinajstić information content (AvgIpc) is 2.38. The number of halogens is 1. The van der Waals surface area contributed by atoms with E-state index in [-0.39, 0.29) is 24.8 Å². The first-order chi connectivity index (χ1) is 9.43. The molecule has 0 saturated carbocycles. The summed E-state index contributed by atoms with van der Waals surface area (Å²) in [6, 6.07) is 5.15. The van der Waals surface area contributed by atoms with Gasteiger partial charge in [-0.3, -0.25) is 14.5 Å². The Morgan fingerprint density at radius 3 is 2.45 bits per heavy atom. The molecule has 1 unspecified atom stereocenters. The Balaban J connectivity index is 2.43. The van der Waals surface area contributed by atoms with Gasteiger partial charge in [0.05, 0.1) is 6.54 Å². The number of likely N-dealkylation sites (N-methyl/N-ethyl adjacent to an activating group) is 1. The molecule has 0 bridgehead atoms. The van der Waals surface area contributed by atoms with E-state index in [4.69, 9.17) is 5.11 Å². The minimum absolute atomic E-state index is 0.00595. The van der Waals surface area contributed by atoms with Crippen LogP contribution in [0.2, 0.25) is 0 Å². The van der Waals surface area contributed by atoms with Crippen LogP contribution in [0.5, 0.6) is 0 Å². The molecule has 0 saturated heterocycles. The van der Waals surface area contributed by atoms with Crippen LogP contribution in [0.25, 0.3) is 0 Å². The van der Waals surface area contributed by atoms with Gasteiger partial charge in [0.25, 0.3) is 0 Å². The van der Waals surface area contributed by atoms with E-state index in [1.54, 1.807) is 26.1 Å². The molecular formula is C14H19FN2O3. The molecule has 1 aromatic carbocycles. The summed E-state index contributed by atoms with van der Waals surface area (Å²) in [5, 5.41) is 11.7. The minimum atomic E-state index is -0.943. The molecule has 20 heavy (non-hydrogen) atoms. The van der Waals surface area contributed by atoms with Gasteiger partial charge in [-0.05, 0) is 31.2 Å². The van der Waals surface area contributed by atoms with Gasteiger partial charge in [0.15, 0.2) is 0 Å². The van der Waals surface area contributed by atoms with Crippen LogP contribution < -0.4 is 5.32 Å².